The molecule has 0 bridgehead atoms. The molecule has 1 N–H and O–H groups in total. The zero-order valence-corrected chi connectivity index (χ0v) is 13.2. The standard InChI is InChI=1S/C19H19NS/c1-14-9-10-15(2)16(12-14)13-20-18-7-4-3-6-17(18)19-8-5-11-21-19/h3-12,20H,13H2,1-2H3. The van der Waals surface area contributed by atoms with Gasteiger partial charge in [0.1, 0.15) is 0 Å². The number of para-hydroxylation sites is 1. The summed E-state index contributed by atoms with van der Waals surface area (Å²) in [7, 11) is 0. The van der Waals surface area contributed by atoms with Crippen LogP contribution in [0, 0.1) is 13.8 Å². The van der Waals surface area contributed by atoms with Crippen LogP contribution in [0.25, 0.3) is 10.4 Å². The highest BCUT2D eigenvalue weighted by atomic mass is 32.1. The van der Waals surface area contributed by atoms with Gasteiger partial charge >= 0.3 is 0 Å². The van der Waals surface area contributed by atoms with Gasteiger partial charge in [-0.1, -0.05) is 48.0 Å². The molecule has 0 radical (unpaired) electrons. The number of hydrogen-bond donors (Lipinski definition) is 1. The predicted octanol–water partition coefficient (Wildman–Crippen LogP) is 5.64. The fraction of sp³-hybridized carbons (Fsp3) is 0.158. The van der Waals surface area contributed by atoms with Crippen LogP contribution in [0.3, 0.4) is 0 Å². The first-order chi connectivity index (χ1) is 10.2. The lowest BCUT2D eigenvalue weighted by Gasteiger charge is -2.13. The molecule has 2 aromatic carbocycles. The zero-order valence-electron chi connectivity index (χ0n) is 12.4. The maximum atomic E-state index is 3.59. The van der Waals surface area contributed by atoms with Crippen LogP contribution in [0.1, 0.15) is 16.7 Å². The van der Waals surface area contributed by atoms with Gasteiger partial charge in [-0.15, -0.1) is 11.3 Å². The summed E-state index contributed by atoms with van der Waals surface area (Å²) in [5.74, 6) is 0. The summed E-state index contributed by atoms with van der Waals surface area (Å²) in [6.07, 6.45) is 0. The van der Waals surface area contributed by atoms with Crippen LogP contribution in [-0.4, -0.2) is 0 Å². The molecule has 0 aliphatic heterocycles. The molecule has 0 aliphatic rings. The third-order valence-electron chi connectivity index (χ3n) is 3.69. The van der Waals surface area contributed by atoms with E-state index in [9.17, 15) is 0 Å². The number of nitrogens with one attached hydrogen (secondary N) is 1. The maximum Gasteiger partial charge on any atom is 0.0430 e. The van der Waals surface area contributed by atoms with E-state index in [-0.39, 0.29) is 0 Å². The van der Waals surface area contributed by atoms with Crippen molar-refractivity contribution in [1.29, 1.82) is 0 Å². The molecular formula is C19H19NS. The Labute approximate surface area is 130 Å². The van der Waals surface area contributed by atoms with Gasteiger partial charge in [-0.25, -0.2) is 0 Å². The van der Waals surface area contributed by atoms with E-state index < -0.39 is 0 Å². The first-order valence-corrected chi connectivity index (χ1v) is 8.05. The Bertz CT molecular complexity index is 729. The molecule has 0 fully saturated rings. The van der Waals surface area contributed by atoms with Crippen LogP contribution in [0.15, 0.2) is 60.0 Å². The Morgan fingerprint density at radius 3 is 2.62 bits per heavy atom. The van der Waals surface area contributed by atoms with Gasteiger partial charge in [0.2, 0.25) is 0 Å². The molecule has 2 heteroatoms. The average Bonchev–Trinajstić information content (AvgIpc) is 3.03. The minimum absolute atomic E-state index is 0.857. The zero-order chi connectivity index (χ0) is 14.7. The Kier molecular flexibility index (Phi) is 4.07. The number of anilines is 1. The van der Waals surface area contributed by atoms with E-state index in [1.165, 1.54) is 32.8 Å². The van der Waals surface area contributed by atoms with Gasteiger partial charge in [0, 0.05) is 22.7 Å². The summed E-state index contributed by atoms with van der Waals surface area (Å²) in [4.78, 5) is 1.30. The normalized spacial score (nSPS) is 10.6. The third-order valence-corrected chi connectivity index (χ3v) is 4.59. The topological polar surface area (TPSA) is 12.0 Å². The summed E-state index contributed by atoms with van der Waals surface area (Å²) in [6, 6.07) is 19.4. The molecule has 3 rings (SSSR count). The Hall–Kier alpha value is -2.06. The number of thiophene rings is 1. The predicted molar refractivity (Wildman–Crippen MR) is 93.0 cm³/mol. The molecular weight excluding hydrogens is 274 g/mol. The number of aryl methyl sites for hydroxylation is 2. The molecule has 0 saturated carbocycles. The lowest BCUT2D eigenvalue weighted by Crippen LogP contribution is -2.02. The quantitative estimate of drug-likeness (QED) is 0.656. The van der Waals surface area contributed by atoms with E-state index >= 15 is 0 Å². The molecule has 0 saturated heterocycles. The second-order valence-corrected chi connectivity index (χ2v) is 6.25. The van der Waals surface area contributed by atoms with Crippen molar-refractivity contribution >= 4 is 17.0 Å². The van der Waals surface area contributed by atoms with Crippen molar-refractivity contribution in [3.63, 3.8) is 0 Å². The fourth-order valence-electron chi connectivity index (χ4n) is 2.47. The minimum Gasteiger partial charge on any atom is -0.380 e. The highest BCUT2D eigenvalue weighted by molar-refractivity contribution is 7.13. The van der Waals surface area contributed by atoms with E-state index in [0.717, 1.165) is 6.54 Å². The van der Waals surface area contributed by atoms with Gasteiger partial charge < -0.3 is 5.32 Å². The monoisotopic (exact) mass is 293 g/mol. The molecule has 0 amide bonds. The summed E-state index contributed by atoms with van der Waals surface area (Å²) >= 11 is 1.78. The van der Waals surface area contributed by atoms with E-state index in [1.54, 1.807) is 11.3 Å². The molecule has 0 spiro atoms. The Morgan fingerprint density at radius 2 is 1.81 bits per heavy atom. The maximum absolute atomic E-state index is 3.59. The van der Waals surface area contributed by atoms with Crippen molar-refractivity contribution < 1.29 is 0 Å². The lowest BCUT2D eigenvalue weighted by atomic mass is 10.1. The van der Waals surface area contributed by atoms with Crippen molar-refractivity contribution in [2.24, 2.45) is 0 Å². The second-order valence-electron chi connectivity index (χ2n) is 5.31. The van der Waals surface area contributed by atoms with Crippen LogP contribution in [0.4, 0.5) is 5.69 Å². The number of rotatable bonds is 4. The molecule has 21 heavy (non-hydrogen) atoms. The van der Waals surface area contributed by atoms with Gasteiger partial charge in [0.15, 0.2) is 0 Å². The molecule has 1 aromatic heterocycles. The Morgan fingerprint density at radius 1 is 0.952 bits per heavy atom. The van der Waals surface area contributed by atoms with Crippen LogP contribution < -0.4 is 5.32 Å². The molecule has 0 aliphatic carbocycles. The number of hydrogen-bond acceptors (Lipinski definition) is 2. The first kappa shape index (κ1) is 13.9. The first-order valence-electron chi connectivity index (χ1n) is 7.17. The van der Waals surface area contributed by atoms with E-state index in [0.29, 0.717) is 0 Å². The molecule has 1 nitrogen and oxygen atoms in total. The van der Waals surface area contributed by atoms with Crippen molar-refractivity contribution in [3.8, 4) is 10.4 Å². The van der Waals surface area contributed by atoms with Crippen molar-refractivity contribution in [1.82, 2.24) is 0 Å². The highest BCUT2D eigenvalue weighted by Gasteiger charge is 2.06. The molecule has 106 valence electrons. The van der Waals surface area contributed by atoms with Crippen molar-refractivity contribution in [2.45, 2.75) is 20.4 Å². The largest absolute Gasteiger partial charge is 0.380 e. The van der Waals surface area contributed by atoms with Gasteiger partial charge in [-0.2, -0.15) is 0 Å². The smallest absolute Gasteiger partial charge is 0.0430 e. The van der Waals surface area contributed by atoms with E-state index in [2.05, 4.69) is 79.1 Å². The lowest BCUT2D eigenvalue weighted by molar-refractivity contribution is 1.11. The summed E-state index contributed by atoms with van der Waals surface area (Å²) in [6.45, 7) is 5.17. The molecule has 0 unspecified atom stereocenters. The fourth-order valence-corrected chi connectivity index (χ4v) is 3.23. The van der Waals surface area contributed by atoms with Gasteiger partial charge in [-0.05, 0) is 42.5 Å². The minimum atomic E-state index is 0.857. The second kappa shape index (κ2) is 6.15. The van der Waals surface area contributed by atoms with E-state index in [1.807, 2.05) is 0 Å². The summed E-state index contributed by atoms with van der Waals surface area (Å²) in [5, 5.41) is 5.71. The molecule has 3 aromatic rings. The number of benzene rings is 2. The molecule has 0 atom stereocenters. The van der Waals surface area contributed by atoms with E-state index in [4.69, 9.17) is 0 Å². The van der Waals surface area contributed by atoms with Crippen LogP contribution >= 0.6 is 11.3 Å². The highest BCUT2D eigenvalue weighted by Crippen LogP contribution is 2.31. The van der Waals surface area contributed by atoms with Crippen molar-refractivity contribution in [3.05, 3.63) is 76.7 Å². The molecule has 1 heterocycles. The SMILES string of the molecule is Cc1ccc(C)c(CNc2ccccc2-c2cccs2)c1. The summed E-state index contributed by atoms with van der Waals surface area (Å²) < 4.78 is 0. The van der Waals surface area contributed by atoms with Crippen LogP contribution in [-0.2, 0) is 6.54 Å². The van der Waals surface area contributed by atoms with Gasteiger partial charge in [-0.3, -0.25) is 0 Å². The van der Waals surface area contributed by atoms with Crippen LogP contribution in [0.5, 0.6) is 0 Å². The van der Waals surface area contributed by atoms with Gasteiger partial charge in [0.05, 0.1) is 0 Å². The Balaban J connectivity index is 1.84. The third kappa shape index (κ3) is 3.17. The van der Waals surface area contributed by atoms with Crippen molar-refractivity contribution in [2.75, 3.05) is 5.32 Å². The van der Waals surface area contributed by atoms with Gasteiger partial charge in [0.25, 0.3) is 0 Å². The average molecular weight is 293 g/mol. The van der Waals surface area contributed by atoms with Crippen LogP contribution in [0.2, 0.25) is 0 Å². The summed E-state index contributed by atoms with van der Waals surface area (Å²) in [5.41, 5.74) is 6.47.